The molecule has 2 bridgehead atoms. The van der Waals surface area contributed by atoms with Gasteiger partial charge in [-0.3, -0.25) is 4.79 Å². The maximum absolute atomic E-state index is 12.5. The summed E-state index contributed by atoms with van der Waals surface area (Å²) in [6, 6.07) is 8.38. The Labute approximate surface area is 137 Å². The first-order valence-electron chi connectivity index (χ1n) is 8.56. The third kappa shape index (κ3) is 3.96. The number of hydrogen-bond acceptors (Lipinski definition) is 4. The van der Waals surface area contributed by atoms with Crippen molar-refractivity contribution in [2.24, 2.45) is 0 Å². The van der Waals surface area contributed by atoms with Gasteiger partial charge in [0.05, 0.1) is 13.7 Å². The molecule has 0 spiro atoms. The van der Waals surface area contributed by atoms with Crippen LogP contribution in [0.5, 0.6) is 11.5 Å². The van der Waals surface area contributed by atoms with Crippen LogP contribution in [0, 0.1) is 0 Å². The van der Waals surface area contributed by atoms with Gasteiger partial charge < -0.3 is 19.7 Å². The van der Waals surface area contributed by atoms with Crippen molar-refractivity contribution >= 4 is 5.91 Å². The summed E-state index contributed by atoms with van der Waals surface area (Å²) in [6.45, 7) is 2.55. The number of hydrogen-bond donors (Lipinski definition) is 1. The summed E-state index contributed by atoms with van der Waals surface area (Å²) in [4.78, 5) is 14.7. The topological polar surface area (TPSA) is 50.8 Å². The molecule has 0 aromatic heterocycles. The van der Waals surface area contributed by atoms with Gasteiger partial charge in [0.15, 0.2) is 0 Å². The number of methoxy groups -OCH3 is 1. The van der Waals surface area contributed by atoms with Crippen LogP contribution >= 0.6 is 0 Å². The zero-order chi connectivity index (χ0) is 16.1. The monoisotopic (exact) mass is 318 g/mol. The standard InChI is InChI=1S/C18H26N2O3/c1-22-16-6-8-17(9-7-16)23-12-2-3-18(21)20-14-4-5-15(20)13-19-11-10-14/h6-9,14-15,19H,2-5,10-13H2,1H3. The molecule has 2 unspecified atom stereocenters. The fourth-order valence-electron chi connectivity index (χ4n) is 3.60. The highest BCUT2D eigenvalue weighted by molar-refractivity contribution is 5.77. The fourth-order valence-corrected chi connectivity index (χ4v) is 3.60. The van der Waals surface area contributed by atoms with Crippen molar-refractivity contribution in [3.63, 3.8) is 0 Å². The number of benzene rings is 1. The van der Waals surface area contributed by atoms with Crippen LogP contribution in [0.4, 0.5) is 0 Å². The number of nitrogens with zero attached hydrogens (tertiary/aromatic N) is 1. The summed E-state index contributed by atoms with van der Waals surface area (Å²) in [5, 5.41) is 3.43. The maximum atomic E-state index is 12.5. The summed E-state index contributed by atoms with van der Waals surface area (Å²) >= 11 is 0. The van der Waals surface area contributed by atoms with E-state index in [0.29, 0.717) is 31.0 Å². The van der Waals surface area contributed by atoms with Crippen LogP contribution in [0.2, 0.25) is 0 Å². The molecule has 5 nitrogen and oxygen atoms in total. The maximum Gasteiger partial charge on any atom is 0.223 e. The molecule has 1 aromatic rings. The van der Waals surface area contributed by atoms with Crippen molar-refractivity contribution < 1.29 is 14.3 Å². The molecule has 2 atom stereocenters. The highest BCUT2D eigenvalue weighted by atomic mass is 16.5. The van der Waals surface area contributed by atoms with Gasteiger partial charge in [-0.1, -0.05) is 0 Å². The number of carbonyl (C=O) groups excluding carboxylic acids is 1. The molecule has 1 N–H and O–H groups in total. The normalized spacial score (nSPS) is 23.4. The summed E-state index contributed by atoms with van der Waals surface area (Å²) in [7, 11) is 1.65. The molecule has 3 rings (SSSR count). The SMILES string of the molecule is COc1ccc(OCCCC(=O)N2C3CCNCC2CC3)cc1. The number of amides is 1. The molecular weight excluding hydrogens is 292 g/mol. The zero-order valence-electron chi connectivity index (χ0n) is 13.8. The van der Waals surface area contributed by atoms with Crippen molar-refractivity contribution in [3.05, 3.63) is 24.3 Å². The van der Waals surface area contributed by atoms with E-state index >= 15 is 0 Å². The zero-order valence-corrected chi connectivity index (χ0v) is 13.8. The minimum absolute atomic E-state index is 0.291. The minimum Gasteiger partial charge on any atom is -0.497 e. The molecule has 2 heterocycles. The summed E-state index contributed by atoms with van der Waals surface area (Å²) in [6.07, 6.45) is 4.73. The molecule has 0 saturated carbocycles. The van der Waals surface area contributed by atoms with Gasteiger partial charge in [-0.15, -0.1) is 0 Å². The van der Waals surface area contributed by atoms with Crippen molar-refractivity contribution in [3.8, 4) is 11.5 Å². The van der Waals surface area contributed by atoms with Crippen LogP contribution in [-0.4, -0.2) is 49.7 Å². The molecule has 2 fully saturated rings. The molecule has 1 amide bonds. The Morgan fingerprint density at radius 2 is 1.91 bits per heavy atom. The van der Waals surface area contributed by atoms with E-state index < -0.39 is 0 Å². The number of carbonyl (C=O) groups is 1. The highest BCUT2D eigenvalue weighted by Gasteiger charge is 2.37. The Morgan fingerprint density at radius 1 is 1.17 bits per heavy atom. The third-order valence-corrected chi connectivity index (χ3v) is 4.81. The number of nitrogens with one attached hydrogen (secondary N) is 1. The Bertz CT molecular complexity index is 504. The Morgan fingerprint density at radius 3 is 2.70 bits per heavy atom. The molecule has 23 heavy (non-hydrogen) atoms. The summed E-state index contributed by atoms with van der Waals surface area (Å²) in [5.74, 6) is 1.93. The summed E-state index contributed by atoms with van der Waals surface area (Å²) < 4.78 is 10.8. The van der Waals surface area contributed by atoms with E-state index in [4.69, 9.17) is 9.47 Å². The smallest absolute Gasteiger partial charge is 0.223 e. The molecular formula is C18H26N2O3. The Kier molecular flexibility index (Phi) is 5.39. The van der Waals surface area contributed by atoms with Gasteiger partial charge in [0, 0.05) is 25.0 Å². The predicted octanol–water partition coefficient (Wildman–Crippen LogP) is 2.21. The average molecular weight is 318 g/mol. The van der Waals surface area contributed by atoms with Crippen LogP contribution in [0.1, 0.15) is 32.1 Å². The number of ether oxygens (including phenoxy) is 2. The molecule has 2 saturated heterocycles. The molecule has 126 valence electrons. The molecule has 2 aliphatic heterocycles. The van der Waals surface area contributed by atoms with Crippen LogP contribution < -0.4 is 14.8 Å². The molecule has 5 heteroatoms. The molecule has 2 aliphatic rings. The van der Waals surface area contributed by atoms with Gasteiger partial charge >= 0.3 is 0 Å². The van der Waals surface area contributed by atoms with Gasteiger partial charge in [0.1, 0.15) is 11.5 Å². The number of rotatable bonds is 6. The first-order chi connectivity index (χ1) is 11.3. The van der Waals surface area contributed by atoms with E-state index in [1.54, 1.807) is 7.11 Å². The van der Waals surface area contributed by atoms with Crippen LogP contribution in [0.25, 0.3) is 0 Å². The minimum atomic E-state index is 0.291. The first kappa shape index (κ1) is 16.1. The lowest BCUT2D eigenvalue weighted by molar-refractivity contribution is -0.134. The van der Waals surface area contributed by atoms with Crippen molar-refractivity contribution in [1.82, 2.24) is 10.2 Å². The van der Waals surface area contributed by atoms with Crippen molar-refractivity contribution in [1.29, 1.82) is 0 Å². The second kappa shape index (κ2) is 7.68. The van der Waals surface area contributed by atoms with Gasteiger partial charge in [-0.05, 0) is 56.5 Å². The molecule has 1 aromatic carbocycles. The predicted molar refractivity (Wildman–Crippen MR) is 88.9 cm³/mol. The van der Waals surface area contributed by atoms with Crippen LogP contribution in [-0.2, 0) is 4.79 Å². The Balaban J connectivity index is 1.42. The van der Waals surface area contributed by atoms with Crippen molar-refractivity contribution in [2.75, 3.05) is 26.8 Å². The lowest BCUT2D eigenvalue weighted by Crippen LogP contribution is -2.42. The van der Waals surface area contributed by atoms with Gasteiger partial charge in [0.25, 0.3) is 0 Å². The number of fused-ring (bicyclic) bond motifs is 2. The quantitative estimate of drug-likeness (QED) is 0.817. The van der Waals surface area contributed by atoms with Gasteiger partial charge in [0.2, 0.25) is 5.91 Å². The molecule has 0 radical (unpaired) electrons. The Hall–Kier alpha value is -1.75. The van der Waals surface area contributed by atoms with Gasteiger partial charge in [-0.2, -0.15) is 0 Å². The third-order valence-electron chi connectivity index (χ3n) is 4.81. The highest BCUT2D eigenvalue weighted by Crippen LogP contribution is 2.28. The lowest BCUT2D eigenvalue weighted by atomic mass is 10.1. The fraction of sp³-hybridized carbons (Fsp3) is 0.611. The second-order valence-electron chi connectivity index (χ2n) is 6.31. The van der Waals surface area contributed by atoms with E-state index in [-0.39, 0.29) is 0 Å². The van der Waals surface area contributed by atoms with Gasteiger partial charge in [-0.25, -0.2) is 0 Å². The van der Waals surface area contributed by atoms with Crippen LogP contribution in [0.3, 0.4) is 0 Å². The summed E-state index contributed by atoms with van der Waals surface area (Å²) in [5.41, 5.74) is 0. The first-order valence-corrected chi connectivity index (χ1v) is 8.56. The van der Waals surface area contributed by atoms with E-state index in [1.165, 1.54) is 6.42 Å². The van der Waals surface area contributed by atoms with E-state index in [1.807, 2.05) is 24.3 Å². The average Bonchev–Trinajstić information content (AvgIpc) is 2.85. The second-order valence-corrected chi connectivity index (χ2v) is 6.31. The van der Waals surface area contributed by atoms with E-state index in [2.05, 4.69) is 10.2 Å². The van der Waals surface area contributed by atoms with Crippen molar-refractivity contribution in [2.45, 2.75) is 44.2 Å². The van der Waals surface area contributed by atoms with Crippen LogP contribution in [0.15, 0.2) is 24.3 Å². The largest absolute Gasteiger partial charge is 0.497 e. The van der Waals surface area contributed by atoms with E-state index in [9.17, 15) is 4.79 Å². The molecule has 0 aliphatic carbocycles. The van der Waals surface area contributed by atoms with E-state index in [0.717, 1.165) is 43.9 Å². The lowest BCUT2D eigenvalue weighted by Gasteiger charge is -2.28.